The molecule has 1 aliphatic carbocycles. The lowest BCUT2D eigenvalue weighted by Crippen LogP contribution is -2.74. The number of benzene rings is 4. The summed E-state index contributed by atoms with van der Waals surface area (Å²) < 4.78 is 66.4. The number of amides is 2. The lowest BCUT2D eigenvalue weighted by Gasteiger charge is -2.63. The summed E-state index contributed by atoms with van der Waals surface area (Å²) in [6, 6.07) is 22.7. The van der Waals surface area contributed by atoms with Gasteiger partial charge in [-0.15, -0.1) is 0 Å². The summed E-state index contributed by atoms with van der Waals surface area (Å²) in [6.07, 6.45) is 0.137. The van der Waals surface area contributed by atoms with Gasteiger partial charge in [-0.3, -0.25) is 9.59 Å². The van der Waals surface area contributed by atoms with E-state index in [0.29, 0.717) is 73.7 Å². The standard InChI is InChI=1S/C55H64Cl3F2N5O8/c1-52(2,3)31-44-55(33-62,40-18-14-36(56)29-43(40)59)45(39-9-8-10-41(57)46(39)60)47(64-44)49(67)63-19-20-68-21-22-69-23-24-70-25-26-71-27-28-72-37-15-11-34(12-16-37)48(66)65-50-53(4,5)51(54(50,6)7)73-38-17-13-35(32-61)42(58)30-38/h8-18,29-30,44-45,47,50-51,64H,19-28,31H2,1-7H3,(H,63,67)(H,65,66)/t44-,45?,47?,50?,51?,55-/m0/s1. The van der Waals surface area contributed by atoms with Crippen LogP contribution in [0.5, 0.6) is 11.5 Å². The summed E-state index contributed by atoms with van der Waals surface area (Å²) in [6.45, 7) is 16.9. The number of carbonyl (C=O) groups is 2. The third-order valence-corrected chi connectivity index (χ3v) is 14.3. The Labute approximate surface area is 442 Å². The van der Waals surface area contributed by atoms with Crippen molar-refractivity contribution in [2.24, 2.45) is 16.2 Å². The van der Waals surface area contributed by atoms with E-state index in [1.807, 2.05) is 20.8 Å². The van der Waals surface area contributed by atoms with Gasteiger partial charge in [0.1, 0.15) is 47.3 Å². The minimum Gasteiger partial charge on any atom is -0.491 e. The second-order valence-corrected chi connectivity index (χ2v) is 21.9. The fourth-order valence-corrected chi connectivity index (χ4v) is 11.0. The molecule has 4 aromatic rings. The molecule has 1 saturated heterocycles. The Kier molecular flexibility index (Phi) is 19.6. The van der Waals surface area contributed by atoms with Crippen molar-refractivity contribution in [3.8, 4) is 23.6 Å². The number of ether oxygens (including phenoxy) is 6. The number of nitrogens with zero attached hydrogens (tertiary/aromatic N) is 2. The molecule has 3 N–H and O–H groups in total. The molecule has 18 heteroatoms. The molecular formula is C55H64Cl3F2N5O8. The molecule has 1 saturated carbocycles. The van der Waals surface area contributed by atoms with Crippen molar-refractivity contribution < 1.29 is 46.8 Å². The number of carbonyl (C=O) groups excluding carboxylic acids is 2. The van der Waals surface area contributed by atoms with E-state index in [9.17, 15) is 20.1 Å². The van der Waals surface area contributed by atoms with Crippen molar-refractivity contribution in [3.05, 3.63) is 128 Å². The number of hydrogen-bond donors (Lipinski definition) is 3. The summed E-state index contributed by atoms with van der Waals surface area (Å²) in [5, 5.41) is 29.8. The van der Waals surface area contributed by atoms with Crippen LogP contribution in [0.15, 0.2) is 78.9 Å². The van der Waals surface area contributed by atoms with Crippen molar-refractivity contribution in [1.82, 2.24) is 16.0 Å². The highest BCUT2D eigenvalue weighted by Crippen LogP contribution is 2.56. The first-order chi connectivity index (χ1) is 34.6. The first-order valence-electron chi connectivity index (χ1n) is 24.2. The molecule has 4 atom stereocenters. The number of rotatable bonds is 24. The van der Waals surface area contributed by atoms with Gasteiger partial charge < -0.3 is 44.4 Å². The van der Waals surface area contributed by atoms with Crippen LogP contribution in [-0.2, 0) is 29.2 Å². The van der Waals surface area contributed by atoms with E-state index < -0.39 is 51.8 Å². The molecule has 73 heavy (non-hydrogen) atoms. The van der Waals surface area contributed by atoms with E-state index in [1.54, 1.807) is 48.5 Å². The van der Waals surface area contributed by atoms with Gasteiger partial charge in [0.2, 0.25) is 5.91 Å². The van der Waals surface area contributed by atoms with Crippen LogP contribution in [0.25, 0.3) is 0 Å². The van der Waals surface area contributed by atoms with E-state index in [2.05, 4.69) is 55.8 Å². The Hall–Kier alpha value is -5.07. The molecular weight excluding hydrogens is 1000 g/mol. The largest absolute Gasteiger partial charge is 0.491 e. The maximum Gasteiger partial charge on any atom is 0.251 e. The molecule has 4 aromatic carbocycles. The SMILES string of the molecule is CC(C)(C)C[C@@H]1NC(C(=O)NCCOCCOCCOCCOCCOc2ccc(C(=O)NC3C(C)(C)C(Oc4ccc(C#N)c(Cl)c4)C3(C)C)cc2)C(c2cccc(Cl)c2F)[C@@]1(C#N)c1ccc(Cl)cc1F. The van der Waals surface area contributed by atoms with Crippen LogP contribution < -0.4 is 25.4 Å². The predicted molar refractivity (Wildman–Crippen MR) is 275 cm³/mol. The Bertz CT molecular complexity index is 2620. The van der Waals surface area contributed by atoms with Crippen molar-refractivity contribution in [3.63, 3.8) is 0 Å². The van der Waals surface area contributed by atoms with E-state index in [0.717, 1.165) is 6.07 Å². The van der Waals surface area contributed by atoms with E-state index in [-0.39, 0.29) is 71.0 Å². The van der Waals surface area contributed by atoms with E-state index in [4.69, 9.17) is 63.2 Å². The van der Waals surface area contributed by atoms with E-state index in [1.165, 1.54) is 24.3 Å². The van der Waals surface area contributed by atoms with Crippen LogP contribution in [0, 0.1) is 50.5 Å². The quantitative estimate of drug-likeness (QED) is 0.0570. The summed E-state index contributed by atoms with van der Waals surface area (Å²) in [7, 11) is 0. The fourth-order valence-electron chi connectivity index (χ4n) is 10.4. The van der Waals surface area contributed by atoms with Crippen molar-refractivity contribution in [2.45, 2.75) is 90.4 Å². The molecule has 0 spiro atoms. The molecule has 0 bridgehead atoms. The highest BCUT2D eigenvalue weighted by atomic mass is 35.5. The minimum absolute atomic E-state index is 0.00462. The zero-order chi connectivity index (χ0) is 53.1. The first-order valence-corrected chi connectivity index (χ1v) is 25.3. The molecule has 6 rings (SSSR count). The van der Waals surface area contributed by atoms with Gasteiger partial charge in [-0.1, -0.05) is 101 Å². The number of halogens is 5. The molecule has 1 heterocycles. The third kappa shape index (κ3) is 13.6. The molecule has 2 aliphatic rings. The maximum atomic E-state index is 15.9. The molecule has 392 valence electrons. The number of nitrogens with one attached hydrogen (secondary N) is 3. The zero-order valence-electron chi connectivity index (χ0n) is 42.2. The lowest BCUT2D eigenvalue weighted by molar-refractivity contribution is -0.164. The Morgan fingerprint density at radius 1 is 0.753 bits per heavy atom. The lowest BCUT2D eigenvalue weighted by atomic mass is 9.49. The molecule has 13 nitrogen and oxygen atoms in total. The van der Waals surface area contributed by atoms with Gasteiger partial charge in [0.05, 0.1) is 80.6 Å². The van der Waals surface area contributed by atoms with Gasteiger partial charge in [-0.25, -0.2) is 8.78 Å². The topological polar surface area (TPSA) is 173 Å². The van der Waals surface area contributed by atoms with Crippen LogP contribution >= 0.6 is 34.8 Å². The molecule has 1 aliphatic heterocycles. The van der Waals surface area contributed by atoms with Crippen LogP contribution in [-0.4, -0.2) is 102 Å². The molecule has 2 unspecified atom stereocenters. The maximum absolute atomic E-state index is 15.9. The van der Waals surface area contributed by atoms with Crippen LogP contribution in [0.4, 0.5) is 8.78 Å². The second-order valence-electron chi connectivity index (χ2n) is 20.6. The van der Waals surface area contributed by atoms with Crippen molar-refractivity contribution in [2.75, 3.05) is 66.0 Å². The minimum atomic E-state index is -1.72. The molecule has 2 fully saturated rings. The molecule has 0 radical (unpaired) electrons. The van der Waals surface area contributed by atoms with Crippen LogP contribution in [0.3, 0.4) is 0 Å². The van der Waals surface area contributed by atoms with Gasteiger partial charge >= 0.3 is 0 Å². The van der Waals surface area contributed by atoms with Crippen LogP contribution in [0.1, 0.15) is 87.9 Å². The van der Waals surface area contributed by atoms with Gasteiger partial charge in [0.15, 0.2) is 0 Å². The monoisotopic (exact) mass is 1070 g/mol. The summed E-state index contributed by atoms with van der Waals surface area (Å²) >= 11 is 18.6. The molecule has 2 amide bonds. The fraction of sp³-hybridized carbons (Fsp3) is 0.491. The van der Waals surface area contributed by atoms with Gasteiger partial charge in [0.25, 0.3) is 5.91 Å². The van der Waals surface area contributed by atoms with Crippen molar-refractivity contribution in [1.29, 1.82) is 10.5 Å². The van der Waals surface area contributed by atoms with Crippen LogP contribution in [0.2, 0.25) is 15.1 Å². The number of hydrogen-bond acceptors (Lipinski definition) is 11. The van der Waals surface area contributed by atoms with Gasteiger partial charge in [-0.2, -0.15) is 10.5 Å². The average Bonchev–Trinajstić information content (AvgIpc) is 3.65. The number of nitriles is 2. The molecule has 0 aromatic heterocycles. The summed E-state index contributed by atoms with van der Waals surface area (Å²) in [4.78, 5) is 27.3. The third-order valence-electron chi connectivity index (χ3n) is 13.4. The van der Waals surface area contributed by atoms with Gasteiger partial charge in [0, 0.05) is 57.6 Å². The normalized spacial score (nSPS) is 21.9. The zero-order valence-corrected chi connectivity index (χ0v) is 44.5. The predicted octanol–water partition coefficient (Wildman–Crippen LogP) is 9.99. The Balaban J connectivity index is 0.840. The van der Waals surface area contributed by atoms with Gasteiger partial charge in [-0.05, 0) is 72.0 Å². The average molecular weight is 1070 g/mol. The Morgan fingerprint density at radius 2 is 1.36 bits per heavy atom. The first kappa shape index (κ1) is 57.2. The van der Waals surface area contributed by atoms with Crippen molar-refractivity contribution >= 4 is 46.6 Å². The summed E-state index contributed by atoms with van der Waals surface area (Å²) in [5.74, 6) is -2.23. The Morgan fingerprint density at radius 3 is 1.93 bits per heavy atom. The highest BCUT2D eigenvalue weighted by Gasteiger charge is 2.64. The second kappa shape index (κ2) is 25.0. The van der Waals surface area contributed by atoms with E-state index >= 15 is 8.78 Å². The highest BCUT2D eigenvalue weighted by molar-refractivity contribution is 6.32. The summed E-state index contributed by atoms with van der Waals surface area (Å²) in [5.41, 5.74) is -1.98. The smallest absolute Gasteiger partial charge is 0.251 e.